The van der Waals surface area contributed by atoms with Crippen LogP contribution in [0, 0.1) is 0 Å². The summed E-state index contributed by atoms with van der Waals surface area (Å²) in [6.07, 6.45) is 3.35. The third-order valence-corrected chi connectivity index (χ3v) is 2.61. The number of aromatic nitrogens is 1. The zero-order chi connectivity index (χ0) is 14.0. The van der Waals surface area contributed by atoms with E-state index in [4.69, 9.17) is 0 Å². The van der Waals surface area contributed by atoms with Crippen LogP contribution in [0.15, 0.2) is 24.4 Å². The quantitative estimate of drug-likeness (QED) is 0.834. The number of hydrogen-bond donors (Lipinski definition) is 1. The lowest BCUT2D eigenvalue weighted by molar-refractivity contribution is 0.227. The summed E-state index contributed by atoms with van der Waals surface area (Å²) >= 11 is 0. The van der Waals surface area contributed by atoms with Gasteiger partial charge in [0, 0.05) is 12.7 Å². The van der Waals surface area contributed by atoms with Gasteiger partial charge in [0.05, 0.1) is 12.4 Å². The molecule has 0 saturated heterocycles. The highest BCUT2D eigenvalue weighted by Crippen LogP contribution is 1.99. The number of anilines is 1. The summed E-state index contributed by atoms with van der Waals surface area (Å²) in [4.78, 5) is 4.06. The van der Waals surface area contributed by atoms with Gasteiger partial charge in [0.15, 0.2) is 0 Å². The van der Waals surface area contributed by atoms with Gasteiger partial charge in [-0.25, -0.2) is 4.98 Å². The van der Waals surface area contributed by atoms with Crippen LogP contribution in [0.25, 0.3) is 0 Å². The molecule has 1 unspecified atom stereocenters. The van der Waals surface area contributed by atoms with E-state index in [2.05, 4.69) is 21.4 Å². The third kappa shape index (κ3) is 10.0. The first-order chi connectivity index (χ1) is 8.39. The molecule has 0 aliphatic rings. The summed E-state index contributed by atoms with van der Waals surface area (Å²) in [6.45, 7) is 6.57. The minimum Gasteiger partial charge on any atom is -0.370 e. The lowest BCUT2D eigenvalue weighted by Gasteiger charge is -2.05. The van der Waals surface area contributed by atoms with E-state index in [1.165, 1.54) is 0 Å². The zero-order valence-electron chi connectivity index (χ0n) is 11.4. The standard InChI is InChI=1S/C7H10N2.C5H12O3S/c1-2-8-7-5-3-4-6-9-7;1-4-5(2)8-9(3,6)7/h3-6H,2H2,1H3,(H,8,9);5H,4H2,1-3H3. The molecule has 1 atom stereocenters. The van der Waals surface area contributed by atoms with Crippen molar-refractivity contribution in [3.8, 4) is 0 Å². The van der Waals surface area contributed by atoms with E-state index in [9.17, 15) is 8.42 Å². The van der Waals surface area contributed by atoms with E-state index in [1.807, 2.05) is 25.1 Å². The Morgan fingerprint density at radius 1 is 1.39 bits per heavy atom. The molecule has 1 heterocycles. The van der Waals surface area contributed by atoms with Crippen molar-refractivity contribution in [2.24, 2.45) is 0 Å². The van der Waals surface area contributed by atoms with Gasteiger partial charge >= 0.3 is 0 Å². The second kappa shape index (κ2) is 8.88. The van der Waals surface area contributed by atoms with Crippen LogP contribution in [0.5, 0.6) is 0 Å². The molecule has 6 heteroatoms. The van der Waals surface area contributed by atoms with E-state index in [0.29, 0.717) is 6.42 Å². The summed E-state index contributed by atoms with van der Waals surface area (Å²) in [6, 6.07) is 5.81. The molecule has 1 aromatic rings. The molecule has 0 spiro atoms. The average Bonchev–Trinajstić information content (AvgIpc) is 2.29. The van der Waals surface area contributed by atoms with Gasteiger partial charge in [-0.3, -0.25) is 4.18 Å². The molecule has 0 fully saturated rings. The lowest BCUT2D eigenvalue weighted by atomic mass is 10.3. The molecule has 1 rings (SSSR count). The van der Waals surface area contributed by atoms with Gasteiger partial charge in [0.1, 0.15) is 5.82 Å². The van der Waals surface area contributed by atoms with Crippen molar-refractivity contribution in [1.29, 1.82) is 0 Å². The van der Waals surface area contributed by atoms with Gasteiger partial charge in [-0.15, -0.1) is 0 Å². The minimum atomic E-state index is -3.24. The maximum Gasteiger partial charge on any atom is 0.264 e. The van der Waals surface area contributed by atoms with Crippen LogP contribution >= 0.6 is 0 Å². The van der Waals surface area contributed by atoms with Gasteiger partial charge in [0.25, 0.3) is 10.1 Å². The fourth-order valence-electron chi connectivity index (χ4n) is 1.01. The Morgan fingerprint density at radius 3 is 2.39 bits per heavy atom. The molecule has 5 nitrogen and oxygen atoms in total. The van der Waals surface area contributed by atoms with Crippen molar-refractivity contribution in [2.75, 3.05) is 18.1 Å². The van der Waals surface area contributed by atoms with Crippen LogP contribution in [0.2, 0.25) is 0 Å². The molecular weight excluding hydrogens is 252 g/mol. The normalized spacial score (nSPS) is 12.2. The topological polar surface area (TPSA) is 68.3 Å². The summed E-state index contributed by atoms with van der Waals surface area (Å²) in [5.74, 6) is 0.944. The van der Waals surface area contributed by atoms with Crippen LogP contribution in [-0.2, 0) is 14.3 Å². The molecular formula is C12H22N2O3S. The van der Waals surface area contributed by atoms with E-state index in [0.717, 1.165) is 18.6 Å². The fraction of sp³-hybridized carbons (Fsp3) is 0.583. The molecule has 0 amide bonds. The van der Waals surface area contributed by atoms with E-state index in [-0.39, 0.29) is 6.10 Å². The molecule has 0 radical (unpaired) electrons. The summed E-state index contributed by atoms with van der Waals surface area (Å²) in [5, 5.41) is 3.10. The molecule has 104 valence electrons. The molecule has 18 heavy (non-hydrogen) atoms. The summed E-state index contributed by atoms with van der Waals surface area (Å²) < 4.78 is 25.3. The van der Waals surface area contributed by atoms with Gasteiger partial charge in [-0.2, -0.15) is 8.42 Å². The Kier molecular flexibility index (Phi) is 8.32. The molecule has 0 aliphatic carbocycles. The highest BCUT2D eigenvalue weighted by atomic mass is 32.2. The van der Waals surface area contributed by atoms with Crippen LogP contribution in [0.3, 0.4) is 0 Å². The van der Waals surface area contributed by atoms with Gasteiger partial charge in [-0.1, -0.05) is 13.0 Å². The molecule has 1 aromatic heterocycles. The van der Waals surface area contributed by atoms with Crippen molar-refractivity contribution < 1.29 is 12.6 Å². The van der Waals surface area contributed by atoms with E-state index < -0.39 is 10.1 Å². The van der Waals surface area contributed by atoms with Crippen LogP contribution in [-0.4, -0.2) is 32.3 Å². The smallest absolute Gasteiger partial charge is 0.264 e. The Balaban J connectivity index is 0.000000321. The van der Waals surface area contributed by atoms with Gasteiger partial charge < -0.3 is 5.32 Å². The Morgan fingerprint density at radius 2 is 2.06 bits per heavy atom. The largest absolute Gasteiger partial charge is 0.370 e. The Bertz CT molecular complexity index is 407. The number of hydrogen-bond acceptors (Lipinski definition) is 5. The minimum absolute atomic E-state index is 0.194. The van der Waals surface area contributed by atoms with Crippen LogP contribution in [0.4, 0.5) is 5.82 Å². The van der Waals surface area contributed by atoms with Crippen molar-refractivity contribution >= 4 is 15.9 Å². The van der Waals surface area contributed by atoms with Crippen molar-refractivity contribution in [3.05, 3.63) is 24.4 Å². The van der Waals surface area contributed by atoms with Gasteiger partial charge in [0.2, 0.25) is 0 Å². The first-order valence-electron chi connectivity index (χ1n) is 5.92. The molecule has 0 aliphatic heterocycles. The Hall–Kier alpha value is -1.14. The van der Waals surface area contributed by atoms with Gasteiger partial charge in [-0.05, 0) is 32.4 Å². The zero-order valence-corrected chi connectivity index (χ0v) is 12.2. The van der Waals surface area contributed by atoms with Crippen molar-refractivity contribution in [1.82, 2.24) is 4.98 Å². The molecule has 0 bridgehead atoms. The maximum atomic E-state index is 10.4. The Labute approximate surface area is 110 Å². The maximum absolute atomic E-state index is 10.4. The second-order valence-corrected chi connectivity index (χ2v) is 5.37. The second-order valence-electron chi connectivity index (χ2n) is 3.76. The summed E-state index contributed by atoms with van der Waals surface area (Å²) in [7, 11) is -3.24. The van der Waals surface area contributed by atoms with E-state index >= 15 is 0 Å². The van der Waals surface area contributed by atoms with Crippen molar-refractivity contribution in [3.63, 3.8) is 0 Å². The third-order valence-electron chi connectivity index (χ3n) is 1.94. The number of nitrogens with zero attached hydrogens (tertiary/aromatic N) is 1. The molecule has 0 saturated carbocycles. The van der Waals surface area contributed by atoms with E-state index in [1.54, 1.807) is 13.1 Å². The summed E-state index contributed by atoms with van der Waals surface area (Å²) in [5.41, 5.74) is 0. The number of nitrogens with one attached hydrogen (secondary N) is 1. The predicted octanol–water partition coefficient (Wildman–Crippen LogP) is 2.27. The highest BCUT2D eigenvalue weighted by molar-refractivity contribution is 7.86. The molecule has 0 aromatic carbocycles. The monoisotopic (exact) mass is 274 g/mol. The van der Waals surface area contributed by atoms with Crippen molar-refractivity contribution in [2.45, 2.75) is 33.3 Å². The first kappa shape index (κ1) is 16.9. The SMILES string of the molecule is CCC(C)OS(C)(=O)=O.CCNc1ccccn1. The average molecular weight is 274 g/mol. The number of pyridine rings is 1. The fourth-order valence-corrected chi connectivity index (χ4v) is 1.75. The highest BCUT2D eigenvalue weighted by Gasteiger charge is 2.06. The first-order valence-corrected chi connectivity index (χ1v) is 7.73. The van der Waals surface area contributed by atoms with Crippen LogP contribution < -0.4 is 5.32 Å². The lowest BCUT2D eigenvalue weighted by Crippen LogP contribution is -2.12. The predicted molar refractivity (Wildman–Crippen MR) is 74.1 cm³/mol. The number of rotatable bonds is 5. The van der Waals surface area contributed by atoms with Crippen LogP contribution in [0.1, 0.15) is 27.2 Å². The molecule has 1 N–H and O–H groups in total.